The number of aryl methyl sites for hydroxylation is 1. The molecular weight excluding hydrogens is 230 g/mol. The Balaban J connectivity index is 1.96. The lowest BCUT2D eigenvalue weighted by atomic mass is 10.1. The molecule has 0 saturated carbocycles. The summed E-state index contributed by atoms with van der Waals surface area (Å²) in [6.07, 6.45) is 4.34. The average Bonchev–Trinajstić information content (AvgIpc) is 2.92. The van der Waals surface area contributed by atoms with Crippen LogP contribution in [0.15, 0.2) is 30.4 Å². The highest BCUT2D eigenvalue weighted by molar-refractivity contribution is 6.13. The van der Waals surface area contributed by atoms with E-state index in [9.17, 15) is 9.59 Å². The third-order valence-electron chi connectivity index (χ3n) is 3.55. The fourth-order valence-corrected chi connectivity index (χ4v) is 2.69. The summed E-state index contributed by atoms with van der Waals surface area (Å²) in [5.74, 6) is 0.383. The van der Waals surface area contributed by atoms with E-state index in [2.05, 4.69) is 0 Å². The Bertz CT molecular complexity index is 544. The molecule has 4 heteroatoms. The fraction of sp³-hybridized carbons (Fsp3) is 0.286. The van der Waals surface area contributed by atoms with Gasteiger partial charge in [0.1, 0.15) is 5.75 Å². The number of benzene rings is 1. The van der Waals surface area contributed by atoms with Crippen LogP contribution in [0.2, 0.25) is 0 Å². The zero-order valence-electron chi connectivity index (χ0n) is 10.1. The van der Waals surface area contributed by atoms with Crippen LogP contribution >= 0.6 is 0 Å². The molecule has 2 aliphatic rings. The second-order valence-corrected chi connectivity index (χ2v) is 4.50. The van der Waals surface area contributed by atoms with Crippen molar-refractivity contribution in [2.75, 3.05) is 7.11 Å². The Hall–Kier alpha value is -2.10. The SMILES string of the molecule is COc1ccc2c(c1)CC[C@@H]2N1C(=O)C=CC1=O. The average molecular weight is 243 g/mol. The smallest absolute Gasteiger partial charge is 0.254 e. The second-order valence-electron chi connectivity index (χ2n) is 4.50. The summed E-state index contributed by atoms with van der Waals surface area (Å²) in [6.45, 7) is 0. The molecule has 1 aliphatic carbocycles. The number of ether oxygens (including phenoxy) is 1. The van der Waals surface area contributed by atoms with Crippen LogP contribution in [0, 0.1) is 0 Å². The third-order valence-corrected chi connectivity index (χ3v) is 3.55. The first-order valence-corrected chi connectivity index (χ1v) is 5.93. The molecule has 0 saturated heterocycles. The van der Waals surface area contributed by atoms with E-state index in [1.54, 1.807) is 7.11 Å². The number of carbonyl (C=O) groups is 2. The van der Waals surface area contributed by atoms with Gasteiger partial charge in [-0.1, -0.05) is 6.07 Å². The van der Waals surface area contributed by atoms with Gasteiger partial charge in [-0.15, -0.1) is 0 Å². The van der Waals surface area contributed by atoms with Gasteiger partial charge in [0.25, 0.3) is 11.8 Å². The highest BCUT2D eigenvalue weighted by Crippen LogP contribution is 2.38. The van der Waals surface area contributed by atoms with E-state index in [4.69, 9.17) is 4.74 Å². The van der Waals surface area contributed by atoms with Crippen molar-refractivity contribution in [3.8, 4) is 5.75 Å². The van der Waals surface area contributed by atoms with E-state index in [0.717, 1.165) is 29.7 Å². The normalized spacial score (nSPS) is 21.6. The summed E-state index contributed by atoms with van der Waals surface area (Å²) >= 11 is 0. The van der Waals surface area contributed by atoms with Gasteiger partial charge in [0, 0.05) is 12.2 Å². The van der Waals surface area contributed by atoms with Gasteiger partial charge in [-0.25, -0.2) is 0 Å². The van der Waals surface area contributed by atoms with Crippen LogP contribution in [-0.2, 0) is 16.0 Å². The van der Waals surface area contributed by atoms with Crippen LogP contribution in [0.25, 0.3) is 0 Å². The van der Waals surface area contributed by atoms with E-state index < -0.39 is 0 Å². The van der Waals surface area contributed by atoms with Crippen molar-refractivity contribution in [1.82, 2.24) is 4.90 Å². The minimum atomic E-state index is -0.214. The van der Waals surface area contributed by atoms with Gasteiger partial charge >= 0.3 is 0 Å². The minimum absolute atomic E-state index is 0.124. The quantitative estimate of drug-likeness (QED) is 0.741. The van der Waals surface area contributed by atoms with Crippen LogP contribution in [-0.4, -0.2) is 23.8 Å². The number of rotatable bonds is 2. The van der Waals surface area contributed by atoms with Gasteiger partial charge in [0.2, 0.25) is 0 Å². The molecule has 1 atom stereocenters. The monoisotopic (exact) mass is 243 g/mol. The molecule has 1 aromatic rings. The van der Waals surface area contributed by atoms with E-state index >= 15 is 0 Å². The highest BCUT2D eigenvalue weighted by atomic mass is 16.5. The molecule has 0 spiro atoms. The maximum atomic E-state index is 11.7. The number of hydrogen-bond acceptors (Lipinski definition) is 3. The Labute approximate surface area is 105 Å². The predicted octanol–water partition coefficient (Wildman–Crippen LogP) is 1.61. The molecule has 18 heavy (non-hydrogen) atoms. The number of fused-ring (bicyclic) bond motifs is 1. The number of nitrogens with zero attached hydrogens (tertiary/aromatic N) is 1. The Morgan fingerprint density at radius 2 is 1.94 bits per heavy atom. The molecule has 0 bridgehead atoms. The second kappa shape index (κ2) is 3.98. The molecule has 0 unspecified atom stereocenters. The molecule has 0 fully saturated rings. The predicted molar refractivity (Wildman–Crippen MR) is 65.0 cm³/mol. The topological polar surface area (TPSA) is 46.6 Å². The summed E-state index contributed by atoms with van der Waals surface area (Å²) in [5.41, 5.74) is 2.22. The number of imide groups is 1. The largest absolute Gasteiger partial charge is 0.497 e. The molecule has 92 valence electrons. The van der Waals surface area contributed by atoms with Crippen LogP contribution in [0.1, 0.15) is 23.6 Å². The van der Waals surface area contributed by atoms with Gasteiger partial charge in [-0.05, 0) is 36.1 Å². The van der Waals surface area contributed by atoms with E-state index in [1.807, 2.05) is 18.2 Å². The van der Waals surface area contributed by atoms with Crippen molar-refractivity contribution in [2.45, 2.75) is 18.9 Å². The number of methoxy groups -OCH3 is 1. The van der Waals surface area contributed by atoms with Crippen molar-refractivity contribution in [1.29, 1.82) is 0 Å². The van der Waals surface area contributed by atoms with Crippen molar-refractivity contribution in [2.24, 2.45) is 0 Å². The zero-order valence-corrected chi connectivity index (χ0v) is 10.1. The van der Waals surface area contributed by atoms with Gasteiger partial charge in [-0.3, -0.25) is 14.5 Å². The summed E-state index contributed by atoms with van der Waals surface area (Å²) in [6, 6.07) is 5.68. The first-order valence-electron chi connectivity index (χ1n) is 5.93. The first-order chi connectivity index (χ1) is 8.70. The molecule has 1 aromatic carbocycles. The summed E-state index contributed by atoms with van der Waals surface area (Å²) in [5, 5.41) is 0. The fourth-order valence-electron chi connectivity index (χ4n) is 2.69. The molecule has 2 amide bonds. The third kappa shape index (κ3) is 1.53. The molecule has 4 nitrogen and oxygen atoms in total. The standard InChI is InChI=1S/C14H13NO3/c1-18-10-3-4-11-9(8-10)2-5-12(11)15-13(16)6-7-14(15)17/h3-4,6-8,12H,2,5H2,1H3/t12-/m0/s1. The van der Waals surface area contributed by atoms with Crippen molar-refractivity contribution >= 4 is 11.8 Å². The Kier molecular flexibility index (Phi) is 2.44. The van der Waals surface area contributed by atoms with Crippen LogP contribution < -0.4 is 4.74 Å². The van der Waals surface area contributed by atoms with Crippen molar-refractivity contribution in [3.63, 3.8) is 0 Å². The molecule has 1 heterocycles. The maximum Gasteiger partial charge on any atom is 0.254 e. The lowest BCUT2D eigenvalue weighted by molar-refractivity contribution is -0.139. The Morgan fingerprint density at radius 3 is 2.61 bits per heavy atom. The minimum Gasteiger partial charge on any atom is -0.497 e. The summed E-state index contributed by atoms with van der Waals surface area (Å²) in [4.78, 5) is 24.7. The van der Waals surface area contributed by atoms with E-state index in [1.165, 1.54) is 17.1 Å². The lowest BCUT2D eigenvalue weighted by Gasteiger charge is -2.22. The van der Waals surface area contributed by atoms with Gasteiger partial charge < -0.3 is 4.74 Å². The lowest BCUT2D eigenvalue weighted by Crippen LogP contribution is -2.33. The maximum absolute atomic E-state index is 11.7. The van der Waals surface area contributed by atoms with E-state index in [-0.39, 0.29) is 17.9 Å². The first kappa shape index (κ1) is 11.0. The number of amides is 2. The molecule has 1 aliphatic heterocycles. The van der Waals surface area contributed by atoms with E-state index in [0.29, 0.717) is 0 Å². The van der Waals surface area contributed by atoms with Gasteiger partial charge in [-0.2, -0.15) is 0 Å². The van der Waals surface area contributed by atoms with Crippen LogP contribution in [0.3, 0.4) is 0 Å². The Morgan fingerprint density at radius 1 is 1.22 bits per heavy atom. The molecule has 0 N–H and O–H groups in total. The van der Waals surface area contributed by atoms with Crippen LogP contribution in [0.4, 0.5) is 0 Å². The zero-order chi connectivity index (χ0) is 12.7. The summed E-state index contributed by atoms with van der Waals surface area (Å²) in [7, 11) is 1.63. The molecule has 0 radical (unpaired) electrons. The van der Waals surface area contributed by atoms with Crippen LogP contribution in [0.5, 0.6) is 5.75 Å². The summed E-state index contributed by atoms with van der Waals surface area (Å²) < 4.78 is 5.18. The number of carbonyl (C=O) groups excluding carboxylic acids is 2. The van der Waals surface area contributed by atoms with Gasteiger partial charge in [0.15, 0.2) is 0 Å². The molecule has 0 aromatic heterocycles. The molecular formula is C14H13NO3. The molecule has 3 rings (SSSR count). The van der Waals surface area contributed by atoms with Gasteiger partial charge in [0.05, 0.1) is 13.2 Å². The number of hydrogen-bond donors (Lipinski definition) is 0. The highest BCUT2D eigenvalue weighted by Gasteiger charge is 2.36. The van der Waals surface area contributed by atoms with Crippen molar-refractivity contribution < 1.29 is 14.3 Å². The van der Waals surface area contributed by atoms with Crippen molar-refractivity contribution in [3.05, 3.63) is 41.5 Å².